The van der Waals surface area contributed by atoms with Gasteiger partial charge in [0.15, 0.2) is 0 Å². The van der Waals surface area contributed by atoms with Gasteiger partial charge in [-0.15, -0.1) is 0 Å². The summed E-state index contributed by atoms with van der Waals surface area (Å²) < 4.78 is 5.00. The van der Waals surface area contributed by atoms with Gasteiger partial charge in [-0.05, 0) is 19.3 Å². The maximum absolute atomic E-state index is 5.00. The van der Waals surface area contributed by atoms with Crippen molar-refractivity contribution in [2.24, 2.45) is 0 Å². The fraction of sp³-hybridized carbons (Fsp3) is 0.600. The van der Waals surface area contributed by atoms with Gasteiger partial charge in [-0.25, -0.2) is 4.98 Å². The first kappa shape index (κ1) is 11.7. The van der Waals surface area contributed by atoms with Crippen LogP contribution in [0.25, 0.3) is 0 Å². The van der Waals surface area contributed by atoms with Crippen LogP contribution < -0.4 is 15.8 Å². The number of quaternary nitrogens is 1. The van der Waals surface area contributed by atoms with E-state index in [1.165, 1.54) is 12.8 Å². The molecular formula is C10H19N4O+. The first-order valence-electron chi connectivity index (χ1n) is 5.27. The predicted octanol–water partition coefficient (Wildman–Crippen LogP) is 0.309. The number of hydrogen-bond acceptors (Lipinski definition) is 4. The van der Waals surface area contributed by atoms with E-state index in [9.17, 15) is 0 Å². The maximum atomic E-state index is 5.00. The minimum absolute atomic E-state index is 0.588. The van der Waals surface area contributed by atoms with Crippen LogP contribution in [-0.2, 0) is 0 Å². The molecule has 0 aliphatic rings. The molecule has 4 N–H and O–H groups in total. The minimum Gasteiger partial charge on any atom is -0.481 e. The van der Waals surface area contributed by atoms with E-state index in [4.69, 9.17) is 4.74 Å². The van der Waals surface area contributed by atoms with Crippen molar-refractivity contribution in [3.8, 4) is 5.88 Å². The zero-order chi connectivity index (χ0) is 10.9. The Hall–Kier alpha value is -1.36. The second-order valence-corrected chi connectivity index (χ2v) is 3.26. The highest BCUT2D eigenvalue weighted by Crippen LogP contribution is 2.07. The van der Waals surface area contributed by atoms with Crippen LogP contribution in [0.3, 0.4) is 0 Å². The molecule has 5 nitrogen and oxygen atoms in total. The zero-order valence-corrected chi connectivity index (χ0v) is 9.20. The second-order valence-electron chi connectivity index (χ2n) is 3.26. The molecule has 0 saturated heterocycles. The number of nitrogens with zero attached hydrogens (tertiary/aromatic N) is 2. The largest absolute Gasteiger partial charge is 0.481 e. The summed E-state index contributed by atoms with van der Waals surface area (Å²) in [5.74, 6) is 1.22. The lowest BCUT2D eigenvalue weighted by Crippen LogP contribution is -2.50. The van der Waals surface area contributed by atoms with Crippen LogP contribution in [0.4, 0.5) is 5.95 Å². The van der Waals surface area contributed by atoms with Gasteiger partial charge >= 0.3 is 0 Å². The summed E-state index contributed by atoms with van der Waals surface area (Å²) in [6.45, 7) is 1.91. The third kappa shape index (κ3) is 4.60. The number of unbranched alkanes of at least 4 members (excludes halogenated alkanes) is 2. The van der Waals surface area contributed by atoms with Crippen LogP contribution in [0.1, 0.15) is 19.3 Å². The fourth-order valence-electron chi connectivity index (χ4n) is 1.22. The van der Waals surface area contributed by atoms with Gasteiger partial charge in [0, 0.05) is 18.8 Å². The van der Waals surface area contributed by atoms with E-state index in [1.54, 1.807) is 19.4 Å². The molecule has 1 aromatic heterocycles. The molecule has 0 aliphatic heterocycles. The molecule has 0 aliphatic carbocycles. The summed E-state index contributed by atoms with van der Waals surface area (Å²) in [4.78, 5) is 8.24. The van der Waals surface area contributed by atoms with E-state index >= 15 is 0 Å². The Morgan fingerprint density at radius 3 is 3.00 bits per heavy atom. The number of nitrogens with one attached hydrogen (secondary N) is 1. The third-order valence-electron chi connectivity index (χ3n) is 2.05. The SMILES string of the molecule is COc1ccnc(NCCCCC[NH3+])n1. The van der Waals surface area contributed by atoms with E-state index < -0.39 is 0 Å². The molecule has 0 fully saturated rings. The Kier molecular flexibility index (Phi) is 5.47. The van der Waals surface area contributed by atoms with Gasteiger partial charge in [0.1, 0.15) is 0 Å². The quantitative estimate of drug-likeness (QED) is 0.636. The monoisotopic (exact) mass is 211 g/mol. The molecule has 1 aromatic rings. The molecule has 0 atom stereocenters. The van der Waals surface area contributed by atoms with Crippen molar-refractivity contribution in [1.29, 1.82) is 0 Å². The number of hydrogen-bond donors (Lipinski definition) is 2. The van der Waals surface area contributed by atoms with Crippen molar-refractivity contribution in [3.05, 3.63) is 12.3 Å². The molecule has 0 amide bonds. The Morgan fingerprint density at radius 1 is 1.40 bits per heavy atom. The normalized spacial score (nSPS) is 10.0. The van der Waals surface area contributed by atoms with Crippen molar-refractivity contribution in [2.75, 3.05) is 25.5 Å². The molecule has 0 saturated carbocycles. The van der Waals surface area contributed by atoms with E-state index in [-0.39, 0.29) is 0 Å². The Balaban J connectivity index is 2.24. The van der Waals surface area contributed by atoms with Crippen molar-refractivity contribution in [3.63, 3.8) is 0 Å². The topological polar surface area (TPSA) is 74.7 Å². The number of aromatic nitrogens is 2. The number of methoxy groups -OCH3 is 1. The first-order chi connectivity index (χ1) is 7.36. The number of anilines is 1. The number of rotatable bonds is 7. The smallest absolute Gasteiger partial charge is 0.225 e. The molecule has 5 heteroatoms. The van der Waals surface area contributed by atoms with Gasteiger partial charge in [0.2, 0.25) is 11.8 Å². The summed E-state index contributed by atoms with van der Waals surface area (Å²) in [6.07, 6.45) is 5.18. The molecule has 0 bridgehead atoms. The molecule has 0 aromatic carbocycles. The van der Waals surface area contributed by atoms with Crippen LogP contribution in [0.2, 0.25) is 0 Å². The van der Waals surface area contributed by atoms with Crippen molar-refractivity contribution >= 4 is 5.95 Å². The summed E-state index contributed by atoms with van der Waals surface area (Å²) in [7, 11) is 1.60. The molecule has 1 heterocycles. The average Bonchev–Trinajstić information content (AvgIpc) is 2.29. The highest BCUT2D eigenvalue weighted by molar-refractivity contribution is 5.26. The van der Waals surface area contributed by atoms with E-state index in [1.807, 2.05) is 0 Å². The summed E-state index contributed by atoms with van der Waals surface area (Å²) in [5.41, 5.74) is 3.80. The molecule has 84 valence electrons. The fourth-order valence-corrected chi connectivity index (χ4v) is 1.22. The summed E-state index contributed by atoms with van der Waals surface area (Å²) in [6, 6.07) is 1.73. The van der Waals surface area contributed by atoms with Gasteiger partial charge in [0.05, 0.1) is 13.7 Å². The predicted molar refractivity (Wildman–Crippen MR) is 58.7 cm³/mol. The highest BCUT2D eigenvalue weighted by Gasteiger charge is 1.97. The van der Waals surface area contributed by atoms with Gasteiger partial charge in [-0.3, -0.25) is 0 Å². The summed E-state index contributed by atoms with van der Waals surface area (Å²) >= 11 is 0. The lowest BCUT2D eigenvalue weighted by molar-refractivity contribution is -0.368. The van der Waals surface area contributed by atoms with Gasteiger partial charge in [-0.1, -0.05) is 0 Å². The standard InChI is InChI=1S/C10H18N4O/c1-15-9-5-8-13-10(14-9)12-7-4-2-3-6-11/h5,8H,2-4,6-7,11H2,1H3,(H,12,13,14)/p+1. The highest BCUT2D eigenvalue weighted by atomic mass is 16.5. The molecule has 0 radical (unpaired) electrons. The Labute approximate surface area is 90.1 Å². The second kappa shape index (κ2) is 7.00. The van der Waals surface area contributed by atoms with Crippen LogP contribution >= 0.6 is 0 Å². The molecule has 0 unspecified atom stereocenters. The Bertz CT molecular complexity index is 280. The van der Waals surface area contributed by atoms with Gasteiger partial charge in [-0.2, -0.15) is 4.98 Å². The van der Waals surface area contributed by atoms with Crippen molar-refractivity contribution in [2.45, 2.75) is 19.3 Å². The average molecular weight is 211 g/mol. The summed E-state index contributed by atoms with van der Waals surface area (Å²) in [5, 5.41) is 3.16. The van der Waals surface area contributed by atoms with E-state index in [2.05, 4.69) is 21.0 Å². The van der Waals surface area contributed by atoms with E-state index in [0.717, 1.165) is 19.5 Å². The van der Waals surface area contributed by atoms with Crippen LogP contribution in [0.5, 0.6) is 5.88 Å². The van der Waals surface area contributed by atoms with E-state index in [0.29, 0.717) is 11.8 Å². The maximum Gasteiger partial charge on any atom is 0.225 e. The van der Waals surface area contributed by atoms with Crippen LogP contribution in [0, 0.1) is 0 Å². The van der Waals surface area contributed by atoms with Crippen molar-refractivity contribution < 1.29 is 10.5 Å². The van der Waals surface area contributed by atoms with Gasteiger partial charge < -0.3 is 15.8 Å². The minimum atomic E-state index is 0.588. The molecule has 0 spiro atoms. The molecule has 1 rings (SSSR count). The lowest BCUT2D eigenvalue weighted by atomic mass is 10.2. The van der Waals surface area contributed by atoms with Gasteiger partial charge in [0.25, 0.3) is 0 Å². The van der Waals surface area contributed by atoms with Crippen molar-refractivity contribution in [1.82, 2.24) is 9.97 Å². The zero-order valence-electron chi connectivity index (χ0n) is 9.20. The van der Waals surface area contributed by atoms with Crippen LogP contribution in [0.15, 0.2) is 12.3 Å². The Morgan fingerprint density at radius 2 is 2.27 bits per heavy atom. The van der Waals surface area contributed by atoms with Crippen LogP contribution in [-0.4, -0.2) is 30.2 Å². The molecular weight excluding hydrogens is 192 g/mol. The number of ether oxygens (including phenoxy) is 1. The first-order valence-corrected chi connectivity index (χ1v) is 5.27. The third-order valence-corrected chi connectivity index (χ3v) is 2.05. The lowest BCUT2D eigenvalue weighted by Gasteiger charge is -2.04. The molecule has 15 heavy (non-hydrogen) atoms.